The SMILES string of the molecule is COc1ccc(N2CCCN(C(=O)c3ccc(S(=O)(=O)N4CCNC(=O)C4)cc3)CC2)cc1. The molecule has 0 spiro atoms. The Morgan fingerprint density at radius 3 is 2.33 bits per heavy atom. The molecule has 2 aromatic carbocycles. The summed E-state index contributed by atoms with van der Waals surface area (Å²) in [5.74, 6) is 0.369. The summed E-state index contributed by atoms with van der Waals surface area (Å²) in [4.78, 5) is 28.8. The van der Waals surface area contributed by atoms with E-state index in [-0.39, 0.29) is 36.3 Å². The highest BCUT2D eigenvalue weighted by Crippen LogP contribution is 2.22. The van der Waals surface area contributed by atoms with Crippen LogP contribution in [0.4, 0.5) is 5.69 Å². The lowest BCUT2D eigenvalue weighted by Crippen LogP contribution is -2.49. The van der Waals surface area contributed by atoms with Gasteiger partial charge in [-0.25, -0.2) is 8.42 Å². The first-order valence-electron chi connectivity index (χ1n) is 10.9. The predicted molar refractivity (Wildman–Crippen MR) is 124 cm³/mol. The van der Waals surface area contributed by atoms with Gasteiger partial charge >= 0.3 is 0 Å². The number of methoxy groups -OCH3 is 1. The summed E-state index contributed by atoms with van der Waals surface area (Å²) in [5, 5.41) is 2.62. The minimum atomic E-state index is -3.78. The molecule has 1 N–H and O–H groups in total. The summed E-state index contributed by atoms with van der Waals surface area (Å²) < 4.78 is 32.0. The van der Waals surface area contributed by atoms with E-state index in [1.807, 2.05) is 29.2 Å². The van der Waals surface area contributed by atoms with Gasteiger partial charge in [0.05, 0.1) is 18.6 Å². The normalized spacial score (nSPS) is 17.9. The zero-order chi connectivity index (χ0) is 23.4. The fourth-order valence-electron chi connectivity index (χ4n) is 4.09. The maximum atomic E-state index is 13.1. The molecule has 2 amide bonds. The van der Waals surface area contributed by atoms with Gasteiger partial charge in [-0.05, 0) is 55.0 Å². The first-order valence-corrected chi connectivity index (χ1v) is 12.4. The van der Waals surface area contributed by atoms with Crippen LogP contribution in [-0.2, 0) is 14.8 Å². The van der Waals surface area contributed by atoms with Gasteiger partial charge in [-0.15, -0.1) is 0 Å². The average Bonchev–Trinajstić information content (AvgIpc) is 3.10. The van der Waals surface area contributed by atoms with Gasteiger partial charge in [0.15, 0.2) is 0 Å². The van der Waals surface area contributed by atoms with E-state index in [9.17, 15) is 18.0 Å². The maximum absolute atomic E-state index is 13.1. The number of rotatable bonds is 5. The van der Waals surface area contributed by atoms with Crippen molar-refractivity contribution >= 4 is 27.5 Å². The molecular formula is C23H28N4O5S. The van der Waals surface area contributed by atoms with Gasteiger partial charge in [0.25, 0.3) is 5.91 Å². The Labute approximate surface area is 194 Å². The van der Waals surface area contributed by atoms with Gasteiger partial charge < -0.3 is 19.9 Å². The van der Waals surface area contributed by atoms with Crippen LogP contribution in [0.3, 0.4) is 0 Å². The van der Waals surface area contributed by atoms with Gasteiger partial charge in [0, 0.05) is 50.5 Å². The molecule has 0 atom stereocenters. The summed E-state index contributed by atoms with van der Waals surface area (Å²) >= 11 is 0. The molecule has 0 bridgehead atoms. The predicted octanol–water partition coefficient (Wildman–Crippen LogP) is 1.17. The molecule has 4 rings (SSSR count). The maximum Gasteiger partial charge on any atom is 0.253 e. The van der Waals surface area contributed by atoms with Crippen molar-refractivity contribution < 1.29 is 22.7 Å². The van der Waals surface area contributed by atoms with E-state index in [0.717, 1.165) is 28.7 Å². The molecule has 0 aliphatic carbocycles. The van der Waals surface area contributed by atoms with Crippen LogP contribution < -0.4 is 15.0 Å². The largest absolute Gasteiger partial charge is 0.497 e. The Hall–Kier alpha value is -3.11. The van der Waals surface area contributed by atoms with Crippen LogP contribution >= 0.6 is 0 Å². The number of amides is 2. The van der Waals surface area contributed by atoms with Gasteiger partial charge in [-0.2, -0.15) is 4.31 Å². The Morgan fingerprint density at radius 1 is 0.939 bits per heavy atom. The lowest BCUT2D eigenvalue weighted by molar-refractivity contribution is -0.122. The summed E-state index contributed by atoms with van der Waals surface area (Å²) in [6, 6.07) is 13.9. The lowest BCUT2D eigenvalue weighted by atomic mass is 10.2. The molecule has 2 aromatic rings. The number of carbonyl (C=O) groups is 2. The summed E-state index contributed by atoms with van der Waals surface area (Å²) in [6.45, 7) is 3.09. The van der Waals surface area contributed by atoms with Crippen molar-refractivity contribution in [3.63, 3.8) is 0 Å². The molecule has 9 nitrogen and oxygen atoms in total. The highest BCUT2D eigenvalue weighted by Gasteiger charge is 2.29. The molecule has 2 fully saturated rings. The summed E-state index contributed by atoms with van der Waals surface area (Å²) in [6.07, 6.45) is 0.835. The minimum absolute atomic E-state index is 0.0790. The molecule has 33 heavy (non-hydrogen) atoms. The van der Waals surface area contributed by atoms with E-state index in [2.05, 4.69) is 10.2 Å². The molecule has 0 saturated carbocycles. The molecule has 176 valence electrons. The van der Waals surface area contributed by atoms with Crippen molar-refractivity contribution in [2.75, 3.05) is 57.8 Å². The Morgan fingerprint density at radius 2 is 1.67 bits per heavy atom. The zero-order valence-corrected chi connectivity index (χ0v) is 19.4. The zero-order valence-electron chi connectivity index (χ0n) is 18.6. The topological polar surface area (TPSA) is 99.3 Å². The van der Waals surface area contributed by atoms with Crippen LogP contribution in [0.5, 0.6) is 5.75 Å². The number of piperazine rings is 1. The quantitative estimate of drug-likeness (QED) is 0.701. The summed E-state index contributed by atoms with van der Waals surface area (Å²) in [7, 11) is -2.14. The molecule has 0 unspecified atom stereocenters. The van der Waals surface area contributed by atoms with Crippen molar-refractivity contribution in [2.45, 2.75) is 11.3 Å². The highest BCUT2D eigenvalue weighted by molar-refractivity contribution is 7.89. The molecule has 2 aliphatic rings. The third kappa shape index (κ3) is 5.12. The second-order valence-electron chi connectivity index (χ2n) is 8.04. The van der Waals surface area contributed by atoms with E-state index < -0.39 is 10.0 Å². The molecule has 2 saturated heterocycles. The number of carbonyl (C=O) groups excluding carboxylic acids is 2. The van der Waals surface area contributed by atoms with Crippen LogP contribution in [0.1, 0.15) is 16.8 Å². The van der Waals surface area contributed by atoms with Crippen LogP contribution in [-0.4, -0.2) is 82.4 Å². The van der Waals surface area contributed by atoms with Crippen molar-refractivity contribution in [1.29, 1.82) is 0 Å². The number of hydrogen-bond acceptors (Lipinski definition) is 6. The first-order chi connectivity index (χ1) is 15.9. The smallest absolute Gasteiger partial charge is 0.253 e. The van der Waals surface area contributed by atoms with Crippen LogP contribution in [0, 0.1) is 0 Å². The van der Waals surface area contributed by atoms with E-state index in [4.69, 9.17) is 4.74 Å². The standard InChI is InChI=1S/C23H28N4O5S/c1-32-20-7-5-19(6-8-20)25-12-2-13-26(16-15-25)23(29)18-3-9-21(10-4-18)33(30,31)27-14-11-24-22(28)17-27/h3-10H,2,11-17H2,1H3,(H,24,28). The second-order valence-corrected chi connectivity index (χ2v) is 9.98. The number of anilines is 1. The van der Waals surface area contributed by atoms with E-state index in [1.54, 1.807) is 19.2 Å². The van der Waals surface area contributed by atoms with Gasteiger partial charge in [-0.1, -0.05) is 0 Å². The molecule has 0 radical (unpaired) electrons. The molecule has 2 aliphatic heterocycles. The van der Waals surface area contributed by atoms with E-state index >= 15 is 0 Å². The lowest BCUT2D eigenvalue weighted by Gasteiger charge is -2.26. The van der Waals surface area contributed by atoms with Crippen molar-refractivity contribution in [3.05, 3.63) is 54.1 Å². The van der Waals surface area contributed by atoms with Crippen molar-refractivity contribution in [2.24, 2.45) is 0 Å². The number of sulfonamides is 1. The Balaban J connectivity index is 1.41. The monoisotopic (exact) mass is 472 g/mol. The minimum Gasteiger partial charge on any atom is -0.497 e. The molecule has 0 aromatic heterocycles. The number of ether oxygens (including phenoxy) is 1. The van der Waals surface area contributed by atoms with Gasteiger partial charge in [-0.3, -0.25) is 9.59 Å². The van der Waals surface area contributed by atoms with Crippen LogP contribution in [0.2, 0.25) is 0 Å². The van der Waals surface area contributed by atoms with Crippen molar-refractivity contribution in [3.8, 4) is 5.75 Å². The van der Waals surface area contributed by atoms with E-state index in [1.165, 1.54) is 12.1 Å². The van der Waals surface area contributed by atoms with E-state index in [0.29, 0.717) is 25.2 Å². The van der Waals surface area contributed by atoms with Gasteiger partial charge in [0.2, 0.25) is 15.9 Å². The summed E-state index contributed by atoms with van der Waals surface area (Å²) in [5.41, 5.74) is 1.54. The highest BCUT2D eigenvalue weighted by atomic mass is 32.2. The van der Waals surface area contributed by atoms with Crippen LogP contribution in [0.25, 0.3) is 0 Å². The number of benzene rings is 2. The molecular weight excluding hydrogens is 444 g/mol. The Kier molecular flexibility index (Phi) is 6.85. The second kappa shape index (κ2) is 9.80. The number of nitrogens with zero attached hydrogens (tertiary/aromatic N) is 3. The molecule has 2 heterocycles. The number of hydrogen-bond donors (Lipinski definition) is 1. The fourth-order valence-corrected chi connectivity index (χ4v) is 5.49. The number of nitrogens with one attached hydrogen (secondary N) is 1. The van der Waals surface area contributed by atoms with Crippen LogP contribution in [0.15, 0.2) is 53.4 Å². The molecule has 10 heteroatoms. The fraction of sp³-hybridized carbons (Fsp3) is 0.391. The first kappa shape index (κ1) is 23.1. The third-order valence-corrected chi connectivity index (χ3v) is 7.82. The van der Waals surface area contributed by atoms with Crippen molar-refractivity contribution in [1.82, 2.24) is 14.5 Å². The third-order valence-electron chi connectivity index (χ3n) is 5.96. The van der Waals surface area contributed by atoms with Gasteiger partial charge in [0.1, 0.15) is 5.75 Å². The Bertz CT molecular complexity index is 1100. The average molecular weight is 473 g/mol.